The summed E-state index contributed by atoms with van der Waals surface area (Å²) in [6.45, 7) is 5.95. The van der Waals surface area contributed by atoms with Crippen molar-refractivity contribution < 1.29 is 14.4 Å². The number of aryl methyl sites for hydroxylation is 1. The van der Waals surface area contributed by atoms with Gasteiger partial charge in [0.05, 0.1) is 13.1 Å². The second-order valence-electron chi connectivity index (χ2n) is 9.92. The summed E-state index contributed by atoms with van der Waals surface area (Å²) in [5.41, 5.74) is 2.77. The summed E-state index contributed by atoms with van der Waals surface area (Å²) >= 11 is 1.72. The van der Waals surface area contributed by atoms with Crippen LogP contribution in [-0.4, -0.2) is 89.2 Å². The fourth-order valence-electron chi connectivity index (χ4n) is 4.72. The molecule has 1 saturated heterocycles. The van der Waals surface area contributed by atoms with Crippen LogP contribution in [0.3, 0.4) is 0 Å². The maximum Gasteiger partial charge on any atom is 0.323 e. The number of pyridine rings is 1. The first-order valence-corrected chi connectivity index (χ1v) is 13.5. The van der Waals surface area contributed by atoms with Gasteiger partial charge in [-0.05, 0) is 48.7 Å². The van der Waals surface area contributed by atoms with E-state index in [1.54, 1.807) is 41.6 Å². The van der Waals surface area contributed by atoms with Crippen LogP contribution in [0.15, 0.2) is 42.6 Å². The second kappa shape index (κ2) is 10.9. The van der Waals surface area contributed by atoms with Gasteiger partial charge in [-0.25, -0.2) is 9.78 Å². The summed E-state index contributed by atoms with van der Waals surface area (Å²) in [5, 5.41) is 4.01. The highest BCUT2D eigenvalue weighted by Gasteiger charge is 2.28. The van der Waals surface area contributed by atoms with E-state index in [0.29, 0.717) is 25.5 Å². The van der Waals surface area contributed by atoms with Crippen LogP contribution in [0.1, 0.15) is 21.6 Å². The van der Waals surface area contributed by atoms with Crippen LogP contribution in [0.4, 0.5) is 10.6 Å². The Hall–Kier alpha value is -3.76. The van der Waals surface area contributed by atoms with E-state index in [4.69, 9.17) is 0 Å². The Labute approximate surface area is 226 Å². The molecule has 0 saturated carbocycles. The zero-order chi connectivity index (χ0) is 26.8. The van der Waals surface area contributed by atoms with E-state index in [1.165, 1.54) is 25.4 Å². The lowest BCUT2D eigenvalue weighted by Gasteiger charge is -2.35. The number of hydrogen-bond acceptors (Lipinski definition) is 6. The maximum absolute atomic E-state index is 12.8. The Morgan fingerprint density at radius 2 is 1.95 bits per heavy atom. The van der Waals surface area contributed by atoms with Gasteiger partial charge in [0.15, 0.2) is 0 Å². The first-order valence-electron chi connectivity index (χ1n) is 12.7. The molecule has 2 aliphatic heterocycles. The van der Waals surface area contributed by atoms with Crippen LogP contribution in [0.2, 0.25) is 0 Å². The number of carbonyl (C=O) groups excluding carboxylic acids is 3. The molecule has 0 spiro atoms. The van der Waals surface area contributed by atoms with Crippen molar-refractivity contribution in [3.63, 3.8) is 0 Å². The molecule has 1 N–H and O–H groups in total. The minimum atomic E-state index is -0.330. The molecule has 4 heterocycles. The second-order valence-corrected chi connectivity index (χ2v) is 11.1. The van der Waals surface area contributed by atoms with E-state index in [0.717, 1.165) is 24.2 Å². The summed E-state index contributed by atoms with van der Waals surface area (Å²) < 4.78 is 1.22. The van der Waals surface area contributed by atoms with E-state index in [-0.39, 0.29) is 30.9 Å². The minimum absolute atomic E-state index is 0.0233. The number of anilines is 1. The molecule has 0 unspecified atom stereocenters. The number of aromatic nitrogens is 1. The van der Waals surface area contributed by atoms with Crippen LogP contribution < -0.4 is 5.32 Å². The number of thiophene rings is 1. The molecule has 0 aliphatic carbocycles. The van der Waals surface area contributed by atoms with E-state index in [1.807, 2.05) is 30.1 Å². The number of benzene rings is 1. The van der Waals surface area contributed by atoms with Crippen LogP contribution in [0.25, 0.3) is 16.2 Å². The predicted molar refractivity (Wildman–Crippen MR) is 150 cm³/mol. The highest BCUT2D eigenvalue weighted by Crippen LogP contribution is 2.31. The number of rotatable bonds is 6. The molecular formula is C28H32N6O3S. The first-order chi connectivity index (χ1) is 18.3. The van der Waals surface area contributed by atoms with E-state index in [9.17, 15) is 14.4 Å². The van der Waals surface area contributed by atoms with Crippen molar-refractivity contribution in [1.29, 1.82) is 0 Å². The molecule has 3 aromatic rings. The van der Waals surface area contributed by atoms with Crippen molar-refractivity contribution in [3.8, 4) is 0 Å². The number of hydrogen-bond donors (Lipinski definition) is 1. The third-order valence-corrected chi connectivity index (χ3v) is 8.42. The number of carbonyl (C=O) groups is 3. The van der Waals surface area contributed by atoms with Gasteiger partial charge in [0.2, 0.25) is 11.8 Å². The minimum Gasteiger partial charge on any atom is -0.339 e. The van der Waals surface area contributed by atoms with Crippen molar-refractivity contribution in [1.82, 2.24) is 24.6 Å². The van der Waals surface area contributed by atoms with Gasteiger partial charge in [0.25, 0.3) is 0 Å². The van der Waals surface area contributed by atoms with E-state index in [2.05, 4.69) is 34.3 Å². The van der Waals surface area contributed by atoms with Crippen molar-refractivity contribution in [2.45, 2.75) is 20.0 Å². The Balaban J connectivity index is 1.21. The van der Waals surface area contributed by atoms with Gasteiger partial charge < -0.3 is 19.6 Å². The maximum atomic E-state index is 12.8. The molecule has 0 bridgehead atoms. The predicted octanol–water partition coefficient (Wildman–Crippen LogP) is 3.40. The summed E-state index contributed by atoms with van der Waals surface area (Å²) in [5.74, 6) is 0.328. The molecule has 0 radical (unpaired) electrons. The number of piperazine rings is 1. The molecule has 2 aromatic heterocycles. The van der Waals surface area contributed by atoms with Gasteiger partial charge >= 0.3 is 6.03 Å². The Bertz CT molecular complexity index is 1410. The zero-order valence-corrected chi connectivity index (χ0v) is 22.8. The van der Waals surface area contributed by atoms with Crippen LogP contribution in [0.5, 0.6) is 0 Å². The highest BCUT2D eigenvalue weighted by atomic mass is 32.1. The van der Waals surface area contributed by atoms with Crippen molar-refractivity contribution in [2.75, 3.05) is 52.1 Å². The first kappa shape index (κ1) is 25.9. The van der Waals surface area contributed by atoms with Crippen molar-refractivity contribution >= 4 is 51.2 Å². The van der Waals surface area contributed by atoms with E-state index >= 15 is 0 Å². The highest BCUT2D eigenvalue weighted by molar-refractivity contribution is 7.19. The molecule has 10 heteroatoms. The number of amides is 4. The third-order valence-electron chi connectivity index (χ3n) is 7.16. The quantitative estimate of drug-likeness (QED) is 0.492. The molecule has 0 atom stereocenters. The lowest BCUT2D eigenvalue weighted by molar-refractivity contribution is -0.133. The molecule has 1 fully saturated rings. The van der Waals surface area contributed by atoms with Crippen molar-refractivity contribution in [2.24, 2.45) is 0 Å². The van der Waals surface area contributed by atoms with Gasteiger partial charge in [-0.3, -0.25) is 14.9 Å². The molecule has 1 aromatic carbocycles. The fraction of sp³-hybridized carbons (Fsp3) is 0.357. The summed E-state index contributed by atoms with van der Waals surface area (Å²) in [4.78, 5) is 50.9. The van der Waals surface area contributed by atoms with Crippen LogP contribution in [-0.2, 0) is 22.7 Å². The Morgan fingerprint density at radius 1 is 1.18 bits per heavy atom. The Kier molecular flexibility index (Phi) is 7.44. The summed E-state index contributed by atoms with van der Waals surface area (Å²) in [6, 6.07) is 9.85. The van der Waals surface area contributed by atoms with Crippen LogP contribution >= 0.6 is 11.3 Å². The van der Waals surface area contributed by atoms with Gasteiger partial charge in [-0.15, -0.1) is 11.3 Å². The van der Waals surface area contributed by atoms with Gasteiger partial charge in [-0.2, -0.15) is 0 Å². The average Bonchev–Trinajstić information content (AvgIpc) is 3.23. The molecule has 198 valence electrons. The smallest absolute Gasteiger partial charge is 0.323 e. The number of likely N-dealkylation sites (N-methyl/N-ethyl adjacent to an activating group) is 2. The topological polar surface area (TPSA) is 89.1 Å². The number of nitrogens with zero attached hydrogens (tertiary/aromatic N) is 5. The molecule has 38 heavy (non-hydrogen) atoms. The molecule has 2 aliphatic rings. The van der Waals surface area contributed by atoms with Crippen LogP contribution in [0, 0.1) is 6.92 Å². The van der Waals surface area contributed by atoms with Gasteiger partial charge in [0, 0.05) is 60.6 Å². The lowest BCUT2D eigenvalue weighted by atomic mass is 10.1. The molecule has 5 rings (SSSR count). The Morgan fingerprint density at radius 3 is 2.71 bits per heavy atom. The summed E-state index contributed by atoms with van der Waals surface area (Å²) in [6.07, 6.45) is 4.91. The number of urea groups is 1. The molecular weight excluding hydrogens is 500 g/mol. The third kappa shape index (κ3) is 5.56. The van der Waals surface area contributed by atoms with E-state index < -0.39 is 0 Å². The lowest BCUT2D eigenvalue weighted by Crippen LogP contribution is -2.51. The summed E-state index contributed by atoms with van der Waals surface area (Å²) in [7, 11) is 3.83. The SMILES string of the molecule is Cc1c(CN(C)C(=O)/C=C/c2cnc3c(c2)CN(CC(=O)N2CCN(C)CC2)C(=O)N3)sc2ccccc12. The monoisotopic (exact) mass is 532 g/mol. The number of nitrogens with one attached hydrogen (secondary N) is 1. The molecule has 4 amide bonds. The standard InChI is InChI=1S/C28H32N6O3S/c1-19-22-6-4-5-7-23(22)38-24(19)17-32(3)25(35)9-8-20-14-21-16-34(28(37)30-27(21)29-15-20)18-26(36)33-12-10-31(2)11-13-33/h4-9,14-15H,10-13,16-18H2,1-3H3,(H,29,30,37)/b9-8+. The van der Waals surface area contributed by atoms with Gasteiger partial charge in [-0.1, -0.05) is 18.2 Å². The zero-order valence-electron chi connectivity index (χ0n) is 21.9. The van der Waals surface area contributed by atoms with Gasteiger partial charge in [0.1, 0.15) is 12.4 Å². The normalized spacial score (nSPS) is 16.1. The fourth-order valence-corrected chi connectivity index (χ4v) is 5.99. The average molecular weight is 533 g/mol. The molecule has 9 nitrogen and oxygen atoms in total. The number of fused-ring (bicyclic) bond motifs is 2. The van der Waals surface area contributed by atoms with Crippen molar-refractivity contribution in [3.05, 3.63) is 64.2 Å². The largest absolute Gasteiger partial charge is 0.339 e.